The van der Waals surface area contributed by atoms with Crippen LogP contribution < -0.4 is 0 Å². The highest BCUT2D eigenvalue weighted by atomic mass is 32.2. The predicted octanol–water partition coefficient (Wildman–Crippen LogP) is 1.08. The van der Waals surface area contributed by atoms with E-state index in [2.05, 4.69) is 9.18 Å². The Morgan fingerprint density at radius 2 is 2.08 bits per heavy atom. The number of nitrogens with zero attached hydrogens (tertiary/aromatic N) is 1. The summed E-state index contributed by atoms with van der Waals surface area (Å²) in [7, 11) is -1.58. The molecular weight excluding hydrogens is 190 g/mol. The Morgan fingerprint density at radius 1 is 1.54 bits per heavy atom. The van der Waals surface area contributed by atoms with Gasteiger partial charge in [0.1, 0.15) is 0 Å². The first-order chi connectivity index (χ1) is 5.85. The van der Waals surface area contributed by atoms with Gasteiger partial charge >= 0.3 is 0 Å². The Bertz CT molecular complexity index is 269. The van der Waals surface area contributed by atoms with Gasteiger partial charge in [-0.3, -0.25) is 9.18 Å². The molecule has 1 unspecified atom stereocenters. The molecule has 0 aliphatic heterocycles. The van der Waals surface area contributed by atoms with E-state index < -0.39 is 10.1 Å². The largest absolute Gasteiger partial charge is 0.298 e. The van der Waals surface area contributed by atoms with E-state index in [-0.39, 0.29) is 12.5 Å². The van der Waals surface area contributed by atoms with Crippen molar-refractivity contribution in [1.82, 2.24) is 0 Å². The zero-order chi connectivity index (χ0) is 10.5. The molecule has 0 N–H and O–H groups in total. The first-order valence-electron chi connectivity index (χ1n) is 4.12. The highest BCUT2D eigenvalue weighted by Gasteiger charge is 2.08. The zero-order valence-electron chi connectivity index (χ0n) is 8.57. The van der Waals surface area contributed by atoms with Gasteiger partial charge in [0.05, 0.1) is 12.9 Å². The summed E-state index contributed by atoms with van der Waals surface area (Å²) in [6.45, 7) is 4.07. The van der Waals surface area contributed by atoms with Crippen molar-refractivity contribution in [2.45, 2.75) is 20.3 Å². The summed E-state index contributed by atoms with van der Waals surface area (Å²) in [4.78, 5) is 3.98. The Morgan fingerprint density at radius 3 is 2.46 bits per heavy atom. The molecule has 0 aromatic rings. The predicted molar refractivity (Wildman–Crippen MR) is 53.6 cm³/mol. The van der Waals surface area contributed by atoms with Crippen LogP contribution in [0.1, 0.15) is 20.3 Å². The molecule has 1 atom stereocenters. The number of hydrogen-bond acceptors (Lipinski definition) is 4. The second-order valence-electron chi connectivity index (χ2n) is 3.26. The van der Waals surface area contributed by atoms with E-state index in [0.29, 0.717) is 0 Å². The second kappa shape index (κ2) is 5.34. The molecule has 0 radical (unpaired) electrons. The van der Waals surface area contributed by atoms with Crippen molar-refractivity contribution in [3.63, 3.8) is 0 Å². The molecule has 0 aromatic carbocycles. The Labute approximate surface area is 80.1 Å². The fourth-order valence-corrected chi connectivity index (χ4v) is 1.37. The van der Waals surface area contributed by atoms with Crippen molar-refractivity contribution in [2.75, 3.05) is 19.9 Å². The third-order valence-electron chi connectivity index (χ3n) is 1.59. The van der Waals surface area contributed by atoms with Crippen molar-refractivity contribution in [2.24, 2.45) is 10.9 Å². The van der Waals surface area contributed by atoms with E-state index in [1.54, 1.807) is 7.05 Å². The topological polar surface area (TPSA) is 55.7 Å². The van der Waals surface area contributed by atoms with E-state index >= 15 is 0 Å². The van der Waals surface area contributed by atoms with Crippen molar-refractivity contribution < 1.29 is 12.6 Å². The molecule has 0 aliphatic rings. The first-order valence-corrected chi connectivity index (χ1v) is 5.93. The molecule has 0 amide bonds. The molecule has 5 heteroatoms. The molecule has 0 heterocycles. The van der Waals surface area contributed by atoms with Crippen LogP contribution >= 0.6 is 0 Å². The molecule has 0 aromatic heterocycles. The SMILES string of the molecule is C/N=C(/C)CC(C)COS(C)(=O)=O. The maximum atomic E-state index is 10.6. The van der Waals surface area contributed by atoms with Gasteiger partial charge in [-0.05, 0) is 19.3 Å². The van der Waals surface area contributed by atoms with Crippen molar-refractivity contribution in [3.05, 3.63) is 0 Å². The van der Waals surface area contributed by atoms with Gasteiger partial charge in [-0.1, -0.05) is 6.92 Å². The van der Waals surface area contributed by atoms with E-state index in [1.807, 2.05) is 13.8 Å². The molecular formula is C8H17NO3S. The fourth-order valence-electron chi connectivity index (χ4n) is 0.894. The smallest absolute Gasteiger partial charge is 0.264 e. The van der Waals surface area contributed by atoms with Gasteiger partial charge < -0.3 is 0 Å². The summed E-state index contributed by atoms with van der Waals surface area (Å²) in [5.74, 6) is 0.179. The monoisotopic (exact) mass is 207 g/mol. The summed E-state index contributed by atoms with van der Waals surface area (Å²) < 4.78 is 25.9. The molecule has 0 fully saturated rings. The van der Waals surface area contributed by atoms with Gasteiger partial charge in [-0.2, -0.15) is 8.42 Å². The minimum absolute atomic E-state index is 0.179. The minimum atomic E-state index is -3.30. The average molecular weight is 207 g/mol. The lowest BCUT2D eigenvalue weighted by molar-refractivity contribution is 0.271. The molecule has 0 spiro atoms. The van der Waals surface area contributed by atoms with Gasteiger partial charge in [0.25, 0.3) is 10.1 Å². The Hall–Kier alpha value is -0.420. The fraction of sp³-hybridized carbons (Fsp3) is 0.875. The highest BCUT2D eigenvalue weighted by molar-refractivity contribution is 7.85. The minimum Gasteiger partial charge on any atom is -0.298 e. The summed E-state index contributed by atoms with van der Waals surface area (Å²) in [6.07, 6.45) is 1.83. The molecule has 0 saturated heterocycles. The average Bonchev–Trinajstić information content (AvgIpc) is 1.99. The van der Waals surface area contributed by atoms with Gasteiger partial charge in [-0.15, -0.1) is 0 Å². The quantitative estimate of drug-likeness (QED) is 0.500. The normalized spacial score (nSPS) is 15.8. The van der Waals surface area contributed by atoms with E-state index in [9.17, 15) is 8.42 Å². The van der Waals surface area contributed by atoms with Crippen LogP contribution in [-0.4, -0.2) is 34.0 Å². The summed E-state index contributed by atoms with van der Waals surface area (Å²) in [5.41, 5.74) is 1.00. The van der Waals surface area contributed by atoms with E-state index in [1.165, 1.54) is 0 Å². The standard InChI is InChI=1S/C8H17NO3S/c1-7(5-8(2)9-3)6-12-13(4,10)11/h7H,5-6H2,1-4H3/b9-8-. The maximum absolute atomic E-state index is 10.6. The van der Waals surface area contributed by atoms with Gasteiger partial charge in [-0.25, -0.2) is 0 Å². The molecule has 13 heavy (non-hydrogen) atoms. The molecule has 0 aliphatic carbocycles. The Kier molecular flexibility index (Phi) is 5.17. The van der Waals surface area contributed by atoms with Crippen LogP contribution in [0.4, 0.5) is 0 Å². The molecule has 0 rings (SSSR count). The third kappa shape index (κ3) is 7.93. The summed E-state index contributed by atoms with van der Waals surface area (Å²) in [6, 6.07) is 0. The van der Waals surface area contributed by atoms with Gasteiger partial charge in [0, 0.05) is 12.8 Å². The van der Waals surface area contributed by atoms with Crippen LogP contribution in [0.25, 0.3) is 0 Å². The van der Waals surface area contributed by atoms with Crippen molar-refractivity contribution >= 4 is 15.8 Å². The van der Waals surface area contributed by atoms with Crippen LogP contribution in [0, 0.1) is 5.92 Å². The van der Waals surface area contributed by atoms with E-state index in [4.69, 9.17) is 0 Å². The zero-order valence-corrected chi connectivity index (χ0v) is 9.39. The highest BCUT2D eigenvalue weighted by Crippen LogP contribution is 2.05. The van der Waals surface area contributed by atoms with Crippen molar-refractivity contribution in [1.29, 1.82) is 0 Å². The lowest BCUT2D eigenvalue weighted by atomic mass is 10.1. The molecule has 0 saturated carbocycles. The van der Waals surface area contributed by atoms with Crippen LogP contribution in [0.3, 0.4) is 0 Å². The van der Waals surface area contributed by atoms with Crippen molar-refractivity contribution in [3.8, 4) is 0 Å². The third-order valence-corrected chi connectivity index (χ3v) is 2.16. The van der Waals surface area contributed by atoms with Crippen LogP contribution in [0.2, 0.25) is 0 Å². The maximum Gasteiger partial charge on any atom is 0.264 e. The second-order valence-corrected chi connectivity index (χ2v) is 4.90. The van der Waals surface area contributed by atoms with Gasteiger partial charge in [0.2, 0.25) is 0 Å². The van der Waals surface area contributed by atoms with E-state index in [0.717, 1.165) is 18.4 Å². The Balaban J connectivity index is 3.83. The lowest BCUT2D eigenvalue weighted by Gasteiger charge is -2.09. The molecule has 78 valence electrons. The number of rotatable bonds is 5. The molecule has 0 bridgehead atoms. The number of aliphatic imine (C=N–C) groups is 1. The lowest BCUT2D eigenvalue weighted by Crippen LogP contribution is -2.13. The first kappa shape index (κ1) is 12.6. The number of hydrogen-bond donors (Lipinski definition) is 0. The van der Waals surface area contributed by atoms with Crippen LogP contribution in [-0.2, 0) is 14.3 Å². The van der Waals surface area contributed by atoms with Crippen LogP contribution in [0.5, 0.6) is 0 Å². The summed E-state index contributed by atoms with van der Waals surface area (Å²) in [5, 5.41) is 0. The van der Waals surface area contributed by atoms with Crippen LogP contribution in [0.15, 0.2) is 4.99 Å². The van der Waals surface area contributed by atoms with Gasteiger partial charge in [0.15, 0.2) is 0 Å². The summed E-state index contributed by atoms with van der Waals surface area (Å²) >= 11 is 0. The molecule has 4 nitrogen and oxygen atoms in total.